The lowest BCUT2D eigenvalue weighted by molar-refractivity contribution is -0.145. The molecule has 0 saturated carbocycles. The Hall–Kier alpha value is -8.87. The molecule has 12 N–H and O–H groups in total. The fourth-order valence-electron chi connectivity index (χ4n) is 12.0. The van der Waals surface area contributed by atoms with E-state index in [9.17, 15) is 57.0 Å². The van der Waals surface area contributed by atoms with Crippen molar-refractivity contribution in [2.75, 3.05) is 31.1 Å². The number of aromatic nitrogens is 1. The number of ketones is 1. The third-order valence-electron chi connectivity index (χ3n) is 17.2. The fraction of sp³-hybridized carbons (Fsp3) is 0.377. The number of aromatic hydroxyl groups is 1. The number of carbonyl (C=O) groups is 9. The summed E-state index contributed by atoms with van der Waals surface area (Å²) >= 11 is 2.95. The van der Waals surface area contributed by atoms with Gasteiger partial charge in [-0.05, 0) is 151 Å². The molecular formula is C69H78F2N10O10S2. The number of amides is 8. The van der Waals surface area contributed by atoms with Gasteiger partial charge in [-0.2, -0.15) is 23.5 Å². The number of primary amides is 1. The number of Topliss-reactive ketones (excluding diaryl/α,β-unsaturated/α-hetero) is 1. The molecular weight excluding hydrogens is 1230 g/mol. The van der Waals surface area contributed by atoms with Crippen molar-refractivity contribution in [1.82, 2.24) is 41.8 Å². The first kappa shape index (κ1) is 68.5. The number of nitrogens with zero attached hydrogens (tertiary/aromatic N) is 1. The molecule has 20 nitrogen and oxygen atoms in total. The molecule has 9 rings (SSSR count). The predicted molar refractivity (Wildman–Crippen MR) is 353 cm³/mol. The molecule has 24 heteroatoms. The molecule has 490 valence electrons. The highest BCUT2D eigenvalue weighted by Crippen LogP contribution is 2.35. The van der Waals surface area contributed by atoms with Crippen molar-refractivity contribution in [2.45, 2.75) is 125 Å². The van der Waals surface area contributed by atoms with Crippen LogP contribution in [0, 0.1) is 17.6 Å². The first-order valence-corrected chi connectivity index (χ1v) is 33.5. The van der Waals surface area contributed by atoms with Crippen LogP contribution in [0.2, 0.25) is 0 Å². The maximum absolute atomic E-state index is 15.0. The van der Waals surface area contributed by atoms with E-state index >= 15 is 0 Å². The Bertz CT molecular complexity index is 3790. The Kier molecular flexibility index (Phi) is 23.7. The van der Waals surface area contributed by atoms with E-state index in [4.69, 9.17) is 11.5 Å². The summed E-state index contributed by atoms with van der Waals surface area (Å²) in [7, 11) is 0. The summed E-state index contributed by atoms with van der Waals surface area (Å²) in [5, 5.41) is 27.3. The molecule has 1 aromatic heterocycles. The average molecular weight is 1310 g/mol. The highest BCUT2D eigenvalue weighted by molar-refractivity contribution is 7.98. The molecule has 93 heavy (non-hydrogen) atoms. The summed E-state index contributed by atoms with van der Waals surface area (Å²) in [5.74, 6) is -5.87. The van der Waals surface area contributed by atoms with Crippen molar-refractivity contribution < 1.29 is 57.0 Å². The number of nitrogens with one attached hydrogen (secondary N) is 7. The minimum Gasteiger partial charge on any atom is -0.508 e. The standard InChI is InChI=1S/C69H78F2N10O10S2/c1-69-23-6-25-81(69)68(91)59(29-41-12-19-52(82)20-13-41)80-64(87)47-10-5-7-42(28-47)35-75-66(89)57(30-46-15-14-45-16-17-50(70)33-53(45)46)79-67(90)58(31-48-36-74-55-21-18-51(71)34-54(48)55)78-62(85)37-76-65(88)56(11-2-3-24-72)77-61(84)22-26-92-38-43-8-4-9-44(27-43)39-93-40-49(63(73)86)32-60(69)83/h4-5,7-10,12-13,15-21,27-28,33-34,36,49,56-59,74,82H,2-3,6,11,14,22-26,29-32,35,37-40,72H2,1H3,(H2,73,86)(H,75,89)(H,76,88)(H,77,84)(H,78,85)(H,79,90)(H,80,87)/t49-,56-,57-,58-,59-,69-/m0/s1. The van der Waals surface area contributed by atoms with Gasteiger partial charge in [0.1, 0.15) is 41.6 Å². The minimum absolute atomic E-state index is 0.0129. The van der Waals surface area contributed by atoms with Crippen LogP contribution in [0.15, 0.2) is 121 Å². The smallest absolute Gasteiger partial charge is 0.251 e. The van der Waals surface area contributed by atoms with Crippen LogP contribution < -0.4 is 43.4 Å². The number of phenolic OH excluding ortho intramolecular Hbond substituents is 1. The van der Waals surface area contributed by atoms with Gasteiger partial charge >= 0.3 is 0 Å². The molecule has 2 aliphatic heterocycles. The predicted octanol–water partition coefficient (Wildman–Crippen LogP) is 6.09. The third kappa shape index (κ3) is 18.5. The molecule has 5 aromatic carbocycles. The fourth-order valence-corrected chi connectivity index (χ4v) is 14.0. The Balaban J connectivity index is 1.01. The number of hydrogen-bond donors (Lipinski definition) is 10. The maximum Gasteiger partial charge on any atom is 0.251 e. The van der Waals surface area contributed by atoms with Crippen LogP contribution in [0.5, 0.6) is 5.75 Å². The van der Waals surface area contributed by atoms with Gasteiger partial charge in [-0.25, -0.2) is 8.78 Å². The van der Waals surface area contributed by atoms with Crippen LogP contribution in [-0.2, 0) is 75.7 Å². The minimum atomic E-state index is -1.44. The SMILES string of the molecule is C[C@@]12CCCN1C(=O)[C@H](Cc1ccc(O)cc1)NC(=O)c1cccc(c1)CNC(=O)[C@H](CC1=CCc3ccc(F)cc31)NC(=O)[C@H](Cc1c[nH]c3ccc(F)cc13)NC(=O)CNC(=O)[C@H](CCCCN)NC(=O)CCSCc1cccc(c1)CSC[C@@H](C(N)=O)CC2=O. The number of unbranched alkanes of at least 4 members (excludes halogenated alkanes) is 1. The number of benzene rings is 5. The van der Waals surface area contributed by atoms with Gasteiger partial charge in [-0.3, -0.25) is 43.2 Å². The largest absolute Gasteiger partial charge is 0.508 e. The van der Waals surface area contributed by atoms with Crippen LogP contribution in [-0.4, -0.2) is 129 Å². The van der Waals surface area contributed by atoms with E-state index in [2.05, 4.69) is 36.9 Å². The highest BCUT2D eigenvalue weighted by Gasteiger charge is 2.48. The van der Waals surface area contributed by atoms with Gasteiger partial charge in [0.2, 0.25) is 41.4 Å². The molecule has 1 saturated heterocycles. The van der Waals surface area contributed by atoms with Crippen molar-refractivity contribution >= 4 is 93.0 Å². The number of halogens is 2. The monoisotopic (exact) mass is 1310 g/mol. The van der Waals surface area contributed by atoms with E-state index in [0.29, 0.717) is 94.6 Å². The Morgan fingerprint density at radius 1 is 0.710 bits per heavy atom. The summed E-state index contributed by atoms with van der Waals surface area (Å²) in [4.78, 5) is 132. The Labute approximate surface area is 546 Å². The molecule has 1 aliphatic carbocycles. The Morgan fingerprint density at radius 2 is 1.41 bits per heavy atom. The molecule has 3 heterocycles. The zero-order chi connectivity index (χ0) is 66.2. The summed E-state index contributed by atoms with van der Waals surface area (Å²) < 4.78 is 29.6. The number of fused-ring (bicyclic) bond motifs is 7. The number of nitrogens with two attached hydrogens (primary N) is 2. The van der Waals surface area contributed by atoms with Gasteiger partial charge in [0.25, 0.3) is 5.91 Å². The summed E-state index contributed by atoms with van der Waals surface area (Å²) in [6.07, 6.45) is 5.29. The van der Waals surface area contributed by atoms with Crippen molar-refractivity contribution in [3.8, 4) is 5.75 Å². The van der Waals surface area contributed by atoms with Gasteiger partial charge in [0, 0.05) is 90.9 Å². The first-order valence-electron chi connectivity index (χ1n) is 31.2. The van der Waals surface area contributed by atoms with Crippen molar-refractivity contribution in [2.24, 2.45) is 17.4 Å². The van der Waals surface area contributed by atoms with E-state index in [1.807, 2.05) is 30.3 Å². The molecule has 0 spiro atoms. The maximum atomic E-state index is 15.0. The van der Waals surface area contributed by atoms with E-state index < -0.39 is 101 Å². The molecule has 6 aromatic rings. The number of rotatable bonds is 11. The number of H-pyrrole nitrogens is 1. The quantitative estimate of drug-likeness (QED) is 0.0658. The van der Waals surface area contributed by atoms with Gasteiger partial charge < -0.3 is 58.4 Å². The molecule has 0 radical (unpaired) electrons. The second-order valence-corrected chi connectivity index (χ2v) is 26.1. The number of thioether (sulfide) groups is 2. The second kappa shape index (κ2) is 32.1. The van der Waals surface area contributed by atoms with Crippen LogP contribution in [0.1, 0.15) is 108 Å². The Morgan fingerprint density at radius 3 is 2.18 bits per heavy atom. The lowest BCUT2D eigenvalue weighted by Gasteiger charge is -2.37. The first-order chi connectivity index (χ1) is 44.7. The number of phenols is 1. The zero-order valence-electron chi connectivity index (χ0n) is 51.7. The molecule has 3 aliphatic rings. The number of hydrogen-bond acceptors (Lipinski definition) is 13. The van der Waals surface area contributed by atoms with Crippen LogP contribution in [0.25, 0.3) is 16.5 Å². The van der Waals surface area contributed by atoms with E-state index in [0.717, 1.165) is 16.7 Å². The molecule has 8 amide bonds. The van der Waals surface area contributed by atoms with Crippen LogP contribution in [0.4, 0.5) is 8.78 Å². The van der Waals surface area contributed by atoms with Gasteiger partial charge in [-0.1, -0.05) is 60.7 Å². The number of aromatic amines is 1. The normalized spacial score (nSPS) is 22.3. The van der Waals surface area contributed by atoms with E-state index in [1.165, 1.54) is 83.0 Å². The molecule has 4 bridgehead atoms. The van der Waals surface area contributed by atoms with Gasteiger partial charge in [-0.15, -0.1) is 0 Å². The topological polar surface area (TPSA) is 317 Å². The van der Waals surface area contributed by atoms with Crippen molar-refractivity contribution in [3.05, 3.63) is 178 Å². The van der Waals surface area contributed by atoms with Crippen LogP contribution >= 0.6 is 23.5 Å². The average Bonchev–Trinajstić information content (AvgIpc) is 1.75. The van der Waals surface area contributed by atoms with E-state index in [1.54, 1.807) is 43.5 Å². The molecule has 0 unspecified atom stereocenters. The zero-order valence-corrected chi connectivity index (χ0v) is 53.3. The lowest BCUT2D eigenvalue weighted by Crippen LogP contribution is -2.58. The van der Waals surface area contributed by atoms with Crippen molar-refractivity contribution in [1.29, 1.82) is 0 Å². The third-order valence-corrected chi connectivity index (χ3v) is 19.4. The number of allylic oxidation sites excluding steroid dienone is 1. The molecule has 1 fully saturated rings. The summed E-state index contributed by atoms with van der Waals surface area (Å²) in [6.45, 7) is 1.38. The van der Waals surface area contributed by atoms with Gasteiger partial charge in [0.05, 0.1) is 18.0 Å². The van der Waals surface area contributed by atoms with E-state index in [-0.39, 0.29) is 74.5 Å². The van der Waals surface area contributed by atoms with Crippen LogP contribution in [0.3, 0.4) is 0 Å². The summed E-state index contributed by atoms with van der Waals surface area (Å²) in [5.41, 5.74) is 16.3. The lowest BCUT2D eigenvalue weighted by atomic mass is 9.86. The highest BCUT2D eigenvalue weighted by atomic mass is 32.2. The van der Waals surface area contributed by atoms with Crippen molar-refractivity contribution in [3.63, 3.8) is 0 Å². The number of carbonyl (C=O) groups excluding carboxylic acids is 9. The molecule has 6 atom stereocenters. The summed E-state index contributed by atoms with van der Waals surface area (Å²) in [6, 6.07) is 23.6. The second-order valence-electron chi connectivity index (χ2n) is 24.0. The van der Waals surface area contributed by atoms with Gasteiger partial charge in [0.15, 0.2) is 5.78 Å².